The maximum Gasteiger partial charge on any atom is 0.317 e. The molecule has 0 radical (unpaired) electrons. The molecule has 1 atom stereocenters. The van der Waals surface area contributed by atoms with Crippen LogP contribution in [0, 0.1) is 0 Å². The van der Waals surface area contributed by atoms with Gasteiger partial charge in [-0.1, -0.05) is 12.1 Å². The highest BCUT2D eigenvalue weighted by Gasteiger charge is 2.13. The number of aromatic nitrogens is 2. The van der Waals surface area contributed by atoms with E-state index in [4.69, 9.17) is 4.74 Å². The molecular weight excluding hydrogens is 304 g/mol. The average molecular weight is 330 g/mol. The van der Waals surface area contributed by atoms with E-state index >= 15 is 0 Å². The number of carbonyl (C=O) groups excluding carboxylic acids is 1. The van der Waals surface area contributed by atoms with Crippen LogP contribution >= 0.6 is 0 Å². The highest BCUT2D eigenvalue weighted by atomic mass is 16.5. The molecule has 1 heterocycles. The summed E-state index contributed by atoms with van der Waals surface area (Å²) in [6, 6.07) is 8.07. The Morgan fingerprint density at radius 1 is 1.33 bits per heavy atom. The molecule has 0 saturated carbocycles. The number of amides is 2. The van der Waals surface area contributed by atoms with Crippen LogP contribution in [0.1, 0.15) is 24.5 Å². The van der Waals surface area contributed by atoms with Gasteiger partial charge in [0.25, 0.3) is 0 Å². The molecule has 0 aliphatic rings. The van der Waals surface area contributed by atoms with Crippen LogP contribution < -0.4 is 10.1 Å². The minimum absolute atomic E-state index is 0.0684. The van der Waals surface area contributed by atoms with Gasteiger partial charge in [-0.3, -0.25) is 4.68 Å². The quantitative estimate of drug-likeness (QED) is 0.849. The van der Waals surface area contributed by atoms with Crippen molar-refractivity contribution in [2.24, 2.45) is 7.05 Å². The highest BCUT2D eigenvalue weighted by Crippen LogP contribution is 2.13. The first-order chi connectivity index (χ1) is 11.5. The molecule has 1 unspecified atom stereocenters. The number of hydrogen-bond donors (Lipinski definition) is 1. The summed E-state index contributed by atoms with van der Waals surface area (Å²) in [6.07, 6.45) is 5.49. The maximum atomic E-state index is 12.2. The zero-order valence-corrected chi connectivity index (χ0v) is 14.8. The number of benzene rings is 1. The van der Waals surface area contributed by atoms with Gasteiger partial charge in [-0.05, 0) is 37.5 Å². The predicted octanol–water partition coefficient (Wildman–Crippen LogP) is 2.59. The zero-order valence-electron chi connectivity index (χ0n) is 14.8. The minimum atomic E-state index is -0.0684. The monoisotopic (exact) mass is 330 g/mol. The molecule has 1 N–H and O–H groups in total. The molecule has 6 nitrogen and oxygen atoms in total. The van der Waals surface area contributed by atoms with Crippen LogP contribution in [0.25, 0.3) is 0 Å². The molecule has 2 amide bonds. The molecule has 2 rings (SSSR count). The fraction of sp³-hybridized carbons (Fsp3) is 0.444. The third-order valence-corrected chi connectivity index (χ3v) is 3.92. The van der Waals surface area contributed by atoms with Crippen molar-refractivity contribution in [3.63, 3.8) is 0 Å². The lowest BCUT2D eigenvalue weighted by Gasteiger charge is -2.21. The van der Waals surface area contributed by atoms with Gasteiger partial charge < -0.3 is 15.0 Å². The Hall–Kier alpha value is -2.50. The van der Waals surface area contributed by atoms with Crippen LogP contribution in [-0.4, -0.2) is 40.9 Å². The summed E-state index contributed by atoms with van der Waals surface area (Å²) in [7, 11) is 5.32. The van der Waals surface area contributed by atoms with Crippen LogP contribution in [0.3, 0.4) is 0 Å². The first-order valence-corrected chi connectivity index (χ1v) is 8.10. The molecule has 2 aromatic rings. The summed E-state index contributed by atoms with van der Waals surface area (Å²) in [5.74, 6) is 0.858. The average Bonchev–Trinajstić information content (AvgIpc) is 2.98. The van der Waals surface area contributed by atoms with E-state index < -0.39 is 0 Å². The number of methoxy groups -OCH3 is 1. The number of ether oxygens (including phenoxy) is 1. The molecular formula is C18H26N4O2. The van der Waals surface area contributed by atoms with E-state index in [2.05, 4.69) is 22.5 Å². The minimum Gasteiger partial charge on any atom is -0.497 e. The van der Waals surface area contributed by atoms with Gasteiger partial charge in [-0.15, -0.1) is 0 Å². The second-order valence-corrected chi connectivity index (χ2v) is 6.12. The number of nitrogens with zero attached hydrogens (tertiary/aromatic N) is 3. The summed E-state index contributed by atoms with van der Waals surface area (Å²) in [6.45, 7) is 2.57. The third-order valence-electron chi connectivity index (χ3n) is 3.92. The number of hydrogen-bond acceptors (Lipinski definition) is 3. The Labute approximate surface area is 143 Å². The van der Waals surface area contributed by atoms with Gasteiger partial charge in [-0.2, -0.15) is 5.10 Å². The van der Waals surface area contributed by atoms with Crippen LogP contribution in [0.2, 0.25) is 0 Å². The maximum absolute atomic E-state index is 12.2. The molecule has 1 aromatic heterocycles. The van der Waals surface area contributed by atoms with Gasteiger partial charge >= 0.3 is 6.03 Å². The molecule has 24 heavy (non-hydrogen) atoms. The Morgan fingerprint density at radius 2 is 2.04 bits per heavy atom. The van der Waals surface area contributed by atoms with Gasteiger partial charge in [0.2, 0.25) is 0 Å². The summed E-state index contributed by atoms with van der Waals surface area (Å²) >= 11 is 0. The molecule has 0 bridgehead atoms. The Kier molecular flexibility index (Phi) is 6.23. The molecule has 0 fully saturated rings. The lowest BCUT2D eigenvalue weighted by molar-refractivity contribution is 0.203. The normalized spacial score (nSPS) is 11.8. The molecule has 130 valence electrons. The highest BCUT2D eigenvalue weighted by molar-refractivity contribution is 5.74. The Bertz CT molecular complexity index is 651. The van der Waals surface area contributed by atoms with Crippen molar-refractivity contribution in [2.75, 3.05) is 14.2 Å². The number of rotatable bonds is 7. The standard InChI is InChI=1S/C18H26N4O2/c1-14(5-6-15-7-9-17(24-4)10-8-15)20-18(23)21(2)12-16-11-19-22(3)13-16/h7-11,13-14H,5-6,12H2,1-4H3,(H,20,23). The van der Waals surface area contributed by atoms with Crippen molar-refractivity contribution in [1.29, 1.82) is 0 Å². The Morgan fingerprint density at radius 3 is 2.62 bits per heavy atom. The molecule has 1 aromatic carbocycles. The van der Waals surface area contributed by atoms with Gasteiger partial charge in [0.05, 0.1) is 19.9 Å². The summed E-state index contributed by atoms with van der Waals surface area (Å²) in [4.78, 5) is 13.9. The predicted molar refractivity (Wildman–Crippen MR) is 94.0 cm³/mol. The first-order valence-electron chi connectivity index (χ1n) is 8.10. The largest absolute Gasteiger partial charge is 0.497 e. The van der Waals surface area contributed by atoms with E-state index in [9.17, 15) is 4.79 Å². The van der Waals surface area contributed by atoms with Gasteiger partial charge in [0.15, 0.2) is 0 Å². The van der Waals surface area contributed by atoms with Crippen LogP contribution in [0.15, 0.2) is 36.7 Å². The second-order valence-electron chi connectivity index (χ2n) is 6.12. The fourth-order valence-corrected chi connectivity index (χ4v) is 2.47. The van der Waals surface area contributed by atoms with Crippen molar-refractivity contribution in [2.45, 2.75) is 32.4 Å². The Balaban J connectivity index is 1.75. The van der Waals surface area contributed by atoms with E-state index in [0.29, 0.717) is 6.54 Å². The summed E-state index contributed by atoms with van der Waals surface area (Å²) < 4.78 is 6.89. The van der Waals surface area contributed by atoms with E-state index in [1.807, 2.05) is 32.3 Å². The van der Waals surface area contributed by atoms with Crippen molar-refractivity contribution in [3.05, 3.63) is 47.8 Å². The summed E-state index contributed by atoms with van der Waals surface area (Å²) in [5, 5.41) is 7.15. The molecule has 0 saturated heterocycles. The molecule has 0 aliphatic carbocycles. The molecule has 0 spiro atoms. The van der Waals surface area contributed by atoms with Crippen molar-refractivity contribution >= 4 is 6.03 Å². The third kappa shape index (κ3) is 5.30. The number of carbonyl (C=O) groups is 1. The van der Waals surface area contributed by atoms with Crippen LogP contribution in [0.4, 0.5) is 4.79 Å². The SMILES string of the molecule is COc1ccc(CCC(C)NC(=O)N(C)Cc2cnn(C)c2)cc1. The van der Waals surface area contributed by atoms with Crippen molar-refractivity contribution in [3.8, 4) is 5.75 Å². The fourth-order valence-electron chi connectivity index (χ4n) is 2.47. The first kappa shape index (κ1) is 17.8. The van der Waals surface area contributed by atoms with E-state index in [1.54, 1.807) is 29.9 Å². The van der Waals surface area contributed by atoms with Gasteiger partial charge in [0, 0.05) is 31.9 Å². The van der Waals surface area contributed by atoms with E-state index in [0.717, 1.165) is 24.2 Å². The smallest absolute Gasteiger partial charge is 0.317 e. The lowest BCUT2D eigenvalue weighted by Crippen LogP contribution is -2.41. The number of aryl methyl sites for hydroxylation is 2. The van der Waals surface area contributed by atoms with Gasteiger partial charge in [-0.25, -0.2) is 4.79 Å². The summed E-state index contributed by atoms with van der Waals surface area (Å²) in [5.41, 5.74) is 2.25. The number of nitrogens with one attached hydrogen (secondary N) is 1. The number of urea groups is 1. The van der Waals surface area contributed by atoms with Crippen molar-refractivity contribution < 1.29 is 9.53 Å². The van der Waals surface area contributed by atoms with E-state index in [-0.39, 0.29) is 12.1 Å². The zero-order chi connectivity index (χ0) is 17.5. The van der Waals surface area contributed by atoms with Crippen LogP contribution in [0.5, 0.6) is 5.75 Å². The molecule has 6 heteroatoms. The lowest BCUT2D eigenvalue weighted by atomic mass is 10.1. The van der Waals surface area contributed by atoms with E-state index in [1.165, 1.54) is 5.56 Å². The topological polar surface area (TPSA) is 59.4 Å². The van der Waals surface area contributed by atoms with Gasteiger partial charge in [0.1, 0.15) is 5.75 Å². The van der Waals surface area contributed by atoms with Crippen molar-refractivity contribution in [1.82, 2.24) is 20.0 Å². The second kappa shape index (κ2) is 8.38. The molecule has 0 aliphatic heterocycles. The van der Waals surface area contributed by atoms with Crippen LogP contribution in [-0.2, 0) is 20.0 Å².